The summed E-state index contributed by atoms with van der Waals surface area (Å²) in [6, 6.07) is 5.48. The van der Waals surface area contributed by atoms with Gasteiger partial charge < -0.3 is 14.6 Å². The zero-order valence-corrected chi connectivity index (χ0v) is 17.2. The van der Waals surface area contributed by atoms with Crippen molar-refractivity contribution in [3.8, 4) is 11.5 Å². The van der Waals surface area contributed by atoms with E-state index in [1.807, 2.05) is 12.1 Å². The second kappa shape index (κ2) is 9.75. The van der Waals surface area contributed by atoms with Crippen LogP contribution >= 0.6 is 24.0 Å². The molecule has 0 aliphatic carbocycles. The molecule has 1 heterocycles. The Morgan fingerprint density at radius 1 is 1.37 bits per heavy atom. The summed E-state index contributed by atoms with van der Waals surface area (Å²) < 4.78 is 11.6. The van der Waals surface area contributed by atoms with E-state index in [2.05, 4.69) is 13.8 Å². The average Bonchev–Trinajstić information content (AvgIpc) is 2.87. The van der Waals surface area contributed by atoms with Gasteiger partial charge in [-0.1, -0.05) is 43.9 Å². The largest absolute Gasteiger partial charge is 0.493 e. The molecule has 0 unspecified atom stereocenters. The summed E-state index contributed by atoms with van der Waals surface area (Å²) >= 11 is 6.48. The van der Waals surface area contributed by atoms with Crippen LogP contribution in [0.2, 0.25) is 0 Å². The number of amides is 1. The summed E-state index contributed by atoms with van der Waals surface area (Å²) in [6.45, 7) is 4.99. The van der Waals surface area contributed by atoms with E-state index in [-0.39, 0.29) is 12.3 Å². The maximum absolute atomic E-state index is 12.6. The lowest BCUT2D eigenvalue weighted by Gasteiger charge is -2.13. The van der Waals surface area contributed by atoms with Crippen molar-refractivity contribution < 1.29 is 24.2 Å². The highest BCUT2D eigenvalue weighted by molar-refractivity contribution is 8.26. The number of thioether (sulfide) groups is 1. The van der Waals surface area contributed by atoms with Gasteiger partial charge in [-0.05, 0) is 36.1 Å². The fraction of sp³-hybridized carbons (Fsp3) is 0.421. The number of ether oxygens (including phenoxy) is 2. The summed E-state index contributed by atoms with van der Waals surface area (Å²) in [6.07, 6.45) is 2.13. The van der Waals surface area contributed by atoms with Crippen LogP contribution in [0, 0.1) is 5.92 Å². The van der Waals surface area contributed by atoms with E-state index in [1.165, 1.54) is 16.7 Å². The van der Waals surface area contributed by atoms with Crippen molar-refractivity contribution in [1.29, 1.82) is 0 Å². The molecule has 146 valence electrons. The second-order valence-electron chi connectivity index (χ2n) is 6.45. The molecule has 1 aromatic rings. The Hall–Kier alpha value is -2.06. The highest BCUT2D eigenvalue weighted by Crippen LogP contribution is 2.35. The van der Waals surface area contributed by atoms with E-state index in [0.717, 1.165) is 5.56 Å². The summed E-state index contributed by atoms with van der Waals surface area (Å²) in [5, 5.41) is 8.74. The lowest BCUT2D eigenvalue weighted by atomic mass is 10.1. The maximum atomic E-state index is 12.6. The first-order chi connectivity index (χ1) is 12.8. The SMILES string of the molecule is COc1ccc(/C=C2\SC(=S)N(CCCC(=O)O)C2=O)cc1OCC(C)C. The molecule has 0 radical (unpaired) electrons. The van der Waals surface area contributed by atoms with Crippen LogP contribution in [0.5, 0.6) is 11.5 Å². The number of hydrogen-bond donors (Lipinski definition) is 1. The quantitative estimate of drug-likeness (QED) is 0.491. The van der Waals surface area contributed by atoms with Crippen molar-refractivity contribution in [2.45, 2.75) is 26.7 Å². The van der Waals surface area contributed by atoms with Crippen molar-refractivity contribution in [3.63, 3.8) is 0 Å². The molecule has 1 aliphatic rings. The summed E-state index contributed by atoms with van der Waals surface area (Å²) in [5.74, 6) is 0.547. The van der Waals surface area contributed by atoms with Gasteiger partial charge in [0.2, 0.25) is 0 Å². The first-order valence-electron chi connectivity index (χ1n) is 8.59. The molecular weight excluding hydrogens is 386 g/mol. The summed E-state index contributed by atoms with van der Waals surface area (Å²) in [5.41, 5.74) is 0.806. The van der Waals surface area contributed by atoms with E-state index in [4.69, 9.17) is 26.8 Å². The Morgan fingerprint density at radius 2 is 2.11 bits per heavy atom. The second-order valence-corrected chi connectivity index (χ2v) is 8.12. The number of methoxy groups -OCH3 is 1. The monoisotopic (exact) mass is 409 g/mol. The van der Waals surface area contributed by atoms with Crippen LogP contribution in [0.3, 0.4) is 0 Å². The van der Waals surface area contributed by atoms with Crippen molar-refractivity contribution in [1.82, 2.24) is 4.90 Å². The molecule has 2 rings (SSSR count). The van der Waals surface area contributed by atoms with Crippen molar-refractivity contribution in [2.75, 3.05) is 20.3 Å². The molecule has 1 fully saturated rings. The van der Waals surface area contributed by atoms with Gasteiger partial charge in [-0.15, -0.1) is 0 Å². The van der Waals surface area contributed by atoms with E-state index >= 15 is 0 Å². The minimum Gasteiger partial charge on any atom is -0.493 e. The van der Waals surface area contributed by atoms with Gasteiger partial charge in [-0.25, -0.2) is 0 Å². The first kappa shape index (κ1) is 21.2. The van der Waals surface area contributed by atoms with Crippen LogP contribution in [0.15, 0.2) is 23.1 Å². The van der Waals surface area contributed by atoms with E-state index in [0.29, 0.717) is 46.2 Å². The molecule has 0 atom stereocenters. The van der Waals surface area contributed by atoms with Gasteiger partial charge in [0.25, 0.3) is 5.91 Å². The Kier molecular flexibility index (Phi) is 7.67. The Morgan fingerprint density at radius 3 is 2.74 bits per heavy atom. The highest BCUT2D eigenvalue weighted by atomic mass is 32.2. The Labute approximate surface area is 168 Å². The number of benzene rings is 1. The smallest absolute Gasteiger partial charge is 0.303 e. The van der Waals surface area contributed by atoms with Gasteiger partial charge >= 0.3 is 5.97 Å². The number of carboxylic acid groups (broad SMARTS) is 1. The van der Waals surface area contributed by atoms with Crippen LogP contribution in [-0.2, 0) is 9.59 Å². The standard InChI is InChI=1S/C19H23NO5S2/c1-12(2)11-25-15-9-13(6-7-14(15)24-3)10-16-18(23)20(19(26)27-16)8-4-5-17(21)22/h6-7,9-10,12H,4-5,8,11H2,1-3H3,(H,21,22)/b16-10-. The summed E-state index contributed by atoms with van der Waals surface area (Å²) in [7, 11) is 1.58. The third-order valence-electron chi connectivity index (χ3n) is 3.70. The lowest BCUT2D eigenvalue weighted by molar-refractivity contribution is -0.137. The van der Waals surface area contributed by atoms with Gasteiger partial charge in [-0.3, -0.25) is 14.5 Å². The molecule has 1 amide bonds. The fourth-order valence-electron chi connectivity index (χ4n) is 2.38. The predicted molar refractivity (Wildman–Crippen MR) is 110 cm³/mol. The number of carbonyl (C=O) groups excluding carboxylic acids is 1. The van der Waals surface area contributed by atoms with Crippen LogP contribution < -0.4 is 9.47 Å². The zero-order valence-electron chi connectivity index (χ0n) is 15.6. The van der Waals surface area contributed by atoms with Crippen LogP contribution in [0.4, 0.5) is 0 Å². The number of thiocarbonyl (C=S) groups is 1. The molecular formula is C19H23NO5S2. The fourth-order valence-corrected chi connectivity index (χ4v) is 3.69. The zero-order chi connectivity index (χ0) is 20.0. The number of carboxylic acids is 1. The lowest BCUT2D eigenvalue weighted by Crippen LogP contribution is -2.29. The molecule has 1 N–H and O–H groups in total. The number of aliphatic carboxylic acids is 1. The molecule has 0 spiro atoms. The van der Waals surface area contributed by atoms with Gasteiger partial charge in [0.05, 0.1) is 18.6 Å². The molecule has 27 heavy (non-hydrogen) atoms. The van der Waals surface area contributed by atoms with E-state index in [9.17, 15) is 9.59 Å². The van der Waals surface area contributed by atoms with E-state index in [1.54, 1.807) is 19.3 Å². The minimum atomic E-state index is -0.886. The summed E-state index contributed by atoms with van der Waals surface area (Å²) in [4.78, 5) is 25.2. The normalized spacial score (nSPS) is 15.7. The van der Waals surface area contributed by atoms with Gasteiger partial charge in [0, 0.05) is 13.0 Å². The van der Waals surface area contributed by atoms with Crippen molar-refractivity contribution in [3.05, 3.63) is 28.7 Å². The number of rotatable bonds is 9. The maximum Gasteiger partial charge on any atom is 0.303 e. The number of nitrogens with zero attached hydrogens (tertiary/aromatic N) is 1. The molecule has 1 aliphatic heterocycles. The van der Waals surface area contributed by atoms with Crippen LogP contribution in [0.25, 0.3) is 6.08 Å². The van der Waals surface area contributed by atoms with Gasteiger partial charge in [-0.2, -0.15) is 0 Å². The van der Waals surface area contributed by atoms with Crippen molar-refractivity contribution >= 4 is 46.3 Å². The molecule has 8 heteroatoms. The molecule has 6 nitrogen and oxygen atoms in total. The number of hydrogen-bond acceptors (Lipinski definition) is 6. The molecule has 1 aromatic carbocycles. The van der Waals surface area contributed by atoms with Crippen LogP contribution in [-0.4, -0.2) is 46.5 Å². The Balaban J connectivity index is 2.15. The first-order valence-corrected chi connectivity index (χ1v) is 9.82. The molecule has 0 bridgehead atoms. The molecule has 0 aromatic heterocycles. The highest BCUT2D eigenvalue weighted by Gasteiger charge is 2.31. The Bertz CT molecular complexity index is 760. The number of carbonyl (C=O) groups is 2. The van der Waals surface area contributed by atoms with Gasteiger partial charge in [0.1, 0.15) is 4.32 Å². The molecule has 0 saturated carbocycles. The van der Waals surface area contributed by atoms with Gasteiger partial charge in [0.15, 0.2) is 11.5 Å². The average molecular weight is 410 g/mol. The third kappa shape index (κ3) is 5.97. The topological polar surface area (TPSA) is 76.1 Å². The predicted octanol–water partition coefficient (Wildman–Crippen LogP) is 3.80. The minimum absolute atomic E-state index is 0.00510. The van der Waals surface area contributed by atoms with E-state index < -0.39 is 5.97 Å². The van der Waals surface area contributed by atoms with Crippen LogP contribution in [0.1, 0.15) is 32.3 Å². The molecule has 1 saturated heterocycles. The third-order valence-corrected chi connectivity index (χ3v) is 5.08. The van der Waals surface area contributed by atoms with Crippen molar-refractivity contribution in [2.24, 2.45) is 5.92 Å².